The maximum Gasteiger partial charge on any atom is 0.343 e. The number of carbonyl (C=O) groups is 1. The topological polar surface area (TPSA) is 35.5 Å². The highest BCUT2D eigenvalue weighted by atomic mass is 16.5. The number of ether oxygens (including phenoxy) is 2. The van der Waals surface area contributed by atoms with Gasteiger partial charge in [-0.3, -0.25) is 0 Å². The molecule has 0 atom stereocenters. The van der Waals surface area contributed by atoms with Crippen LogP contribution in [-0.4, -0.2) is 12.6 Å². The lowest BCUT2D eigenvalue weighted by Gasteiger charge is -2.08. The Kier molecular flexibility index (Phi) is 7.25. The summed E-state index contributed by atoms with van der Waals surface area (Å²) in [6.07, 6.45) is 4.80. The third kappa shape index (κ3) is 5.71. The van der Waals surface area contributed by atoms with Crippen LogP contribution in [0.2, 0.25) is 0 Å². The monoisotopic (exact) mass is 374 g/mol. The first-order valence-corrected chi connectivity index (χ1v) is 9.87. The van der Waals surface area contributed by atoms with E-state index in [1.165, 1.54) is 19.3 Å². The third-order valence-electron chi connectivity index (χ3n) is 4.53. The Morgan fingerprint density at radius 1 is 0.714 bits per heavy atom. The Labute approximate surface area is 166 Å². The molecule has 0 aromatic heterocycles. The first-order chi connectivity index (χ1) is 13.8. The lowest BCUT2D eigenvalue weighted by atomic mass is 10.0. The van der Waals surface area contributed by atoms with Crippen molar-refractivity contribution in [3.63, 3.8) is 0 Å². The van der Waals surface area contributed by atoms with Crippen LogP contribution in [0.3, 0.4) is 0 Å². The second-order valence-corrected chi connectivity index (χ2v) is 6.71. The van der Waals surface area contributed by atoms with Crippen LogP contribution in [0.25, 0.3) is 11.1 Å². The Balaban J connectivity index is 1.56. The van der Waals surface area contributed by atoms with E-state index in [1.807, 2.05) is 54.6 Å². The van der Waals surface area contributed by atoms with Gasteiger partial charge in [-0.2, -0.15) is 0 Å². The average molecular weight is 374 g/mol. The van der Waals surface area contributed by atoms with E-state index in [2.05, 4.69) is 6.92 Å². The summed E-state index contributed by atoms with van der Waals surface area (Å²) in [5.74, 6) is 1.08. The number of para-hydroxylation sites is 1. The molecule has 144 valence electrons. The first kappa shape index (κ1) is 19.7. The van der Waals surface area contributed by atoms with Gasteiger partial charge in [0.15, 0.2) is 0 Å². The lowest BCUT2D eigenvalue weighted by molar-refractivity contribution is 0.0735. The van der Waals surface area contributed by atoms with E-state index >= 15 is 0 Å². The van der Waals surface area contributed by atoms with Gasteiger partial charge < -0.3 is 9.47 Å². The summed E-state index contributed by atoms with van der Waals surface area (Å²) in [6, 6.07) is 24.6. The Bertz CT molecular complexity index is 853. The van der Waals surface area contributed by atoms with Crippen molar-refractivity contribution in [2.75, 3.05) is 6.61 Å². The van der Waals surface area contributed by atoms with Crippen molar-refractivity contribution >= 4 is 5.97 Å². The third-order valence-corrected chi connectivity index (χ3v) is 4.53. The van der Waals surface area contributed by atoms with E-state index in [0.29, 0.717) is 11.3 Å². The van der Waals surface area contributed by atoms with Crippen molar-refractivity contribution in [2.45, 2.75) is 32.6 Å². The highest BCUT2D eigenvalue weighted by Gasteiger charge is 2.09. The summed E-state index contributed by atoms with van der Waals surface area (Å²) in [4.78, 5) is 12.2. The Hall–Kier alpha value is -3.07. The summed E-state index contributed by atoms with van der Waals surface area (Å²) in [6.45, 7) is 2.97. The molecule has 28 heavy (non-hydrogen) atoms. The molecule has 0 aliphatic heterocycles. The molecule has 0 bridgehead atoms. The SMILES string of the molecule is CCCCCCOc1ccc(-c2ccc(C(=O)Oc3ccccc3)cc2)cc1. The van der Waals surface area contributed by atoms with Crippen LogP contribution in [0, 0.1) is 0 Å². The number of carbonyl (C=O) groups excluding carboxylic acids is 1. The fourth-order valence-electron chi connectivity index (χ4n) is 2.92. The second kappa shape index (κ2) is 10.3. The van der Waals surface area contributed by atoms with E-state index in [1.54, 1.807) is 24.3 Å². The average Bonchev–Trinajstić information content (AvgIpc) is 2.75. The maximum atomic E-state index is 12.2. The van der Waals surface area contributed by atoms with Crippen molar-refractivity contribution in [3.05, 3.63) is 84.4 Å². The highest BCUT2D eigenvalue weighted by Crippen LogP contribution is 2.23. The van der Waals surface area contributed by atoms with Gasteiger partial charge in [0.2, 0.25) is 0 Å². The van der Waals surface area contributed by atoms with Gasteiger partial charge in [0.1, 0.15) is 11.5 Å². The predicted octanol–water partition coefficient (Wildman–Crippen LogP) is 6.53. The summed E-state index contributed by atoms with van der Waals surface area (Å²) in [7, 11) is 0. The molecule has 0 N–H and O–H groups in total. The van der Waals surface area contributed by atoms with Crippen molar-refractivity contribution in [3.8, 4) is 22.6 Å². The number of esters is 1. The van der Waals surface area contributed by atoms with Crippen LogP contribution in [0.1, 0.15) is 43.0 Å². The highest BCUT2D eigenvalue weighted by molar-refractivity contribution is 5.91. The van der Waals surface area contributed by atoms with E-state index in [0.717, 1.165) is 29.9 Å². The number of benzene rings is 3. The van der Waals surface area contributed by atoms with Gasteiger partial charge in [0.05, 0.1) is 12.2 Å². The number of rotatable bonds is 9. The van der Waals surface area contributed by atoms with Crippen LogP contribution < -0.4 is 9.47 Å². The van der Waals surface area contributed by atoms with Crippen molar-refractivity contribution < 1.29 is 14.3 Å². The van der Waals surface area contributed by atoms with E-state index < -0.39 is 0 Å². The molecule has 0 aliphatic carbocycles. The molecule has 3 rings (SSSR count). The molecule has 0 saturated carbocycles. The van der Waals surface area contributed by atoms with Crippen molar-refractivity contribution in [1.29, 1.82) is 0 Å². The minimum Gasteiger partial charge on any atom is -0.494 e. The molecule has 3 heteroatoms. The maximum absolute atomic E-state index is 12.2. The van der Waals surface area contributed by atoms with Gasteiger partial charge in [-0.15, -0.1) is 0 Å². The van der Waals surface area contributed by atoms with E-state index in [4.69, 9.17) is 9.47 Å². The Morgan fingerprint density at radius 2 is 1.36 bits per heavy atom. The number of unbranched alkanes of at least 4 members (excludes halogenated alkanes) is 3. The summed E-state index contributed by atoms with van der Waals surface area (Å²) in [5, 5.41) is 0. The van der Waals surface area contributed by atoms with Gasteiger partial charge in [-0.1, -0.05) is 68.7 Å². The lowest BCUT2D eigenvalue weighted by Crippen LogP contribution is -2.08. The van der Waals surface area contributed by atoms with E-state index in [9.17, 15) is 4.79 Å². The molecule has 0 radical (unpaired) electrons. The normalized spacial score (nSPS) is 10.5. The van der Waals surface area contributed by atoms with Crippen LogP contribution in [0.15, 0.2) is 78.9 Å². The first-order valence-electron chi connectivity index (χ1n) is 9.87. The zero-order valence-corrected chi connectivity index (χ0v) is 16.3. The van der Waals surface area contributed by atoms with Gasteiger partial charge in [0.25, 0.3) is 0 Å². The van der Waals surface area contributed by atoms with Gasteiger partial charge in [0, 0.05) is 0 Å². The molecule has 0 saturated heterocycles. The molecular formula is C25H26O3. The van der Waals surface area contributed by atoms with Crippen LogP contribution in [0.5, 0.6) is 11.5 Å². The second-order valence-electron chi connectivity index (χ2n) is 6.71. The molecular weight excluding hydrogens is 348 g/mol. The van der Waals surface area contributed by atoms with Crippen LogP contribution in [0.4, 0.5) is 0 Å². The summed E-state index contributed by atoms with van der Waals surface area (Å²) in [5.41, 5.74) is 2.66. The molecule has 0 fully saturated rings. The zero-order chi connectivity index (χ0) is 19.6. The quantitative estimate of drug-likeness (QED) is 0.243. The largest absolute Gasteiger partial charge is 0.494 e. The molecule has 3 aromatic carbocycles. The minimum atomic E-state index is -0.357. The molecule has 0 spiro atoms. The summed E-state index contributed by atoms with van der Waals surface area (Å²) >= 11 is 0. The summed E-state index contributed by atoms with van der Waals surface area (Å²) < 4.78 is 11.2. The molecule has 0 amide bonds. The van der Waals surface area contributed by atoms with Crippen LogP contribution in [-0.2, 0) is 0 Å². The standard InChI is InChI=1S/C25H26O3/c1-2-3-4-8-19-27-23-17-15-21(16-18-23)20-11-13-22(14-12-20)25(26)28-24-9-6-5-7-10-24/h5-7,9-18H,2-4,8,19H2,1H3. The molecule has 0 unspecified atom stereocenters. The van der Waals surface area contributed by atoms with Crippen molar-refractivity contribution in [2.24, 2.45) is 0 Å². The number of hydrogen-bond donors (Lipinski definition) is 0. The van der Waals surface area contributed by atoms with Gasteiger partial charge in [-0.25, -0.2) is 4.79 Å². The Morgan fingerprint density at radius 3 is 2.00 bits per heavy atom. The van der Waals surface area contributed by atoms with E-state index in [-0.39, 0.29) is 5.97 Å². The molecule has 3 aromatic rings. The molecule has 0 aliphatic rings. The number of hydrogen-bond acceptors (Lipinski definition) is 3. The fraction of sp³-hybridized carbons (Fsp3) is 0.240. The van der Waals surface area contributed by atoms with Gasteiger partial charge >= 0.3 is 5.97 Å². The van der Waals surface area contributed by atoms with Gasteiger partial charge in [-0.05, 0) is 53.9 Å². The zero-order valence-electron chi connectivity index (χ0n) is 16.3. The molecule has 3 nitrogen and oxygen atoms in total. The minimum absolute atomic E-state index is 0.357. The van der Waals surface area contributed by atoms with Crippen molar-refractivity contribution in [1.82, 2.24) is 0 Å². The predicted molar refractivity (Wildman–Crippen MR) is 113 cm³/mol. The smallest absolute Gasteiger partial charge is 0.343 e. The fourth-order valence-corrected chi connectivity index (χ4v) is 2.92. The van der Waals surface area contributed by atoms with Crippen LogP contribution >= 0.6 is 0 Å². The molecule has 0 heterocycles.